The van der Waals surface area contributed by atoms with E-state index in [9.17, 15) is 4.79 Å². The number of H-pyrrole nitrogens is 1. The zero-order chi connectivity index (χ0) is 20.0. The predicted octanol–water partition coefficient (Wildman–Crippen LogP) is 3.39. The van der Waals surface area contributed by atoms with Crippen LogP contribution in [0.15, 0.2) is 66.1 Å². The highest BCUT2D eigenvalue weighted by molar-refractivity contribution is 6.06. The fourth-order valence-electron chi connectivity index (χ4n) is 3.64. The van der Waals surface area contributed by atoms with Gasteiger partial charge >= 0.3 is 0 Å². The van der Waals surface area contributed by atoms with Crippen LogP contribution in [0, 0.1) is 6.92 Å². The van der Waals surface area contributed by atoms with Gasteiger partial charge in [0.05, 0.1) is 16.6 Å². The van der Waals surface area contributed by atoms with Crippen LogP contribution in [-0.4, -0.2) is 30.6 Å². The Hall–Kier alpha value is -3.94. The number of imidazole rings is 1. The highest BCUT2D eigenvalue weighted by Gasteiger charge is 2.35. The molecule has 1 atom stereocenters. The van der Waals surface area contributed by atoms with Crippen LogP contribution < -0.4 is 10.6 Å². The van der Waals surface area contributed by atoms with Crippen LogP contribution in [0.4, 0.5) is 11.6 Å². The molecule has 2 aromatic heterocycles. The Labute approximate surface area is 166 Å². The van der Waals surface area contributed by atoms with E-state index in [1.165, 1.54) is 6.33 Å². The quantitative estimate of drug-likeness (QED) is 0.502. The molecular weight excluding hydrogens is 366 g/mol. The second-order valence-electron chi connectivity index (χ2n) is 7.00. The summed E-state index contributed by atoms with van der Waals surface area (Å²) in [5, 5.41) is 10.5. The number of carbonyl (C=O) groups is 1. The Morgan fingerprint density at radius 2 is 1.90 bits per heavy atom. The van der Waals surface area contributed by atoms with E-state index in [1.54, 1.807) is 4.68 Å². The Balaban J connectivity index is 1.61. The number of hydrogen-bond donors (Lipinski definition) is 3. The number of nitrogens with zero attached hydrogens (tertiary/aromatic N) is 4. The van der Waals surface area contributed by atoms with Crippen molar-refractivity contribution in [3.8, 4) is 0 Å². The fourth-order valence-corrected chi connectivity index (χ4v) is 3.64. The standard InChI is InChI=1S/C21H19N7O/c1-12-7-3-4-8-14(12)27-20(29)17-13(2)24-21-22-11-23-28(21)18(17)19-25-15-9-5-6-10-16(15)26-19/h3-11,18H,1-2H3,(H,25,26)(H,27,29)(H,22,23,24). The lowest BCUT2D eigenvalue weighted by Crippen LogP contribution is -2.32. The number of aromatic nitrogens is 5. The first-order valence-corrected chi connectivity index (χ1v) is 9.31. The molecule has 5 rings (SSSR count). The Morgan fingerprint density at radius 3 is 2.72 bits per heavy atom. The molecule has 3 N–H and O–H groups in total. The number of nitrogens with one attached hydrogen (secondary N) is 3. The van der Waals surface area contributed by atoms with Crippen molar-refractivity contribution >= 4 is 28.6 Å². The van der Waals surface area contributed by atoms with Crippen molar-refractivity contribution in [1.29, 1.82) is 0 Å². The van der Waals surface area contributed by atoms with Crippen LogP contribution in [0.5, 0.6) is 0 Å². The molecule has 1 unspecified atom stereocenters. The minimum atomic E-state index is -0.523. The number of carbonyl (C=O) groups excluding carboxylic acids is 1. The van der Waals surface area contributed by atoms with E-state index < -0.39 is 6.04 Å². The third-order valence-electron chi connectivity index (χ3n) is 5.10. The first-order chi connectivity index (χ1) is 14.1. The predicted molar refractivity (Wildman–Crippen MR) is 110 cm³/mol. The Bertz CT molecular complexity index is 1230. The van der Waals surface area contributed by atoms with Gasteiger partial charge in [0.15, 0.2) is 0 Å². The van der Waals surface area contributed by atoms with Crippen molar-refractivity contribution in [2.75, 3.05) is 10.6 Å². The zero-order valence-corrected chi connectivity index (χ0v) is 16.0. The third-order valence-corrected chi connectivity index (χ3v) is 5.10. The van der Waals surface area contributed by atoms with Crippen molar-refractivity contribution in [3.63, 3.8) is 0 Å². The number of aromatic amines is 1. The van der Waals surface area contributed by atoms with Crippen molar-refractivity contribution in [2.24, 2.45) is 0 Å². The smallest absolute Gasteiger partial charge is 0.256 e. The van der Waals surface area contributed by atoms with Crippen molar-refractivity contribution in [1.82, 2.24) is 24.7 Å². The topological polar surface area (TPSA) is 101 Å². The highest BCUT2D eigenvalue weighted by Crippen LogP contribution is 2.34. The van der Waals surface area contributed by atoms with Crippen LogP contribution in [0.25, 0.3) is 11.0 Å². The van der Waals surface area contributed by atoms with Gasteiger partial charge in [0.25, 0.3) is 5.91 Å². The molecule has 2 aromatic carbocycles. The summed E-state index contributed by atoms with van der Waals surface area (Å²) in [4.78, 5) is 25.7. The molecule has 3 heterocycles. The first kappa shape index (κ1) is 17.2. The molecule has 0 aliphatic carbocycles. The number of anilines is 2. The number of aryl methyl sites for hydroxylation is 1. The summed E-state index contributed by atoms with van der Waals surface area (Å²) in [6.45, 7) is 3.82. The van der Waals surface area contributed by atoms with E-state index in [2.05, 4.69) is 25.7 Å². The van der Waals surface area contributed by atoms with Crippen LogP contribution in [0.3, 0.4) is 0 Å². The number of rotatable bonds is 3. The van der Waals surface area contributed by atoms with Gasteiger partial charge in [-0.2, -0.15) is 10.1 Å². The molecule has 0 saturated heterocycles. The van der Waals surface area contributed by atoms with E-state index >= 15 is 0 Å². The number of fused-ring (bicyclic) bond motifs is 2. The summed E-state index contributed by atoms with van der Waals surface area (Å²) in [6.07, 6.45) is 1.47. The maximum Gasteiger partial charge on any atom is 0.256 e. The van der Waals surface area contributed by atoms with Gasteiger partial charge in [0.2, 0.25) is 5.95 Å². The number of hydrogen-bond acceptors (Lipinski definition) is 5. The van der Waals surface area contributed by atoms with E-state index in [1.807, 2.05) is 62.4 Å². The summed E-state index contributed by atoms with van der Waals surface area (Å²) in [5.74, 6) is 0.991. The van der Waals surface area contributed by atoms with Gasteiger partial charge in [-0.05, 0) is 37.6 Å². The number of allylic oxidation sites excluding steroid dienone is 1. The minimum absolute atomic E-state index is 0.212. The molecule has 1 aliphatic rings. The van der Waals surface area contributed by atoms with Gasteiger partial charge < -0.3 is 15.6 Å². The lowest BCUT2D eigenvalue weighted by Gasteiger charge is -2.27. The molecule has 0 radical (unpaired) electrons. The lowest BCUT2D eigenvalue weighted by molar-refractivity contribution is -0.113. The van der Waals surface area contributed by atoms with Crippen LogP contribution in [0.2, 0.25) is 0 Å². The second-order valence-corrected chi connectivity index (χ2v) is 7.00. The third kappa shape index (κ3) is 2.85. The Morgan fingerprint density at radius 1 is 1.10 bits per heavy atom. The van der Waals surface area contributed by atoms with E-state index in [4.69, 9.17) is 4.98 Å². The average Bonchev–Trinajstić information content (AvgIpc) is 3.34. The van der Waals surface area contributed by atoms with Gasteiger partial charge in [-0.1, -0.05) is 30.3 Å². The summed E-state index contributed by atoms with van der Waals surface area (Å²) in [7, 11) is 0. The normalized spacial score (nSPS) is 15.9. The summed E-state index contributed by atoms with van der Waals surface area (Å²) in [5.41, 5.74) is 4.74. The molecule has 144 valence electrons. The second kappa shape index (κ2) is 6.59. The molecule has 1 amide bonds. The lowest BCUT2D eigenvalue weighted by atomic mass is 10.0. The van der Waals surface area contributed by atoms with Crippen molar-refractivity contribution in [3.05, 3.63) is 77.5 Å². The van der Waals surface area contributed by atoms with Gasteiger partial charge in [-0.3, -0.25) is 4.79 Å². The maximum absolute atomic E-state index is 13.3. The molecule has 0 saturated carbocycles. The zero-order valence-electron chi connectivity index (χ0n) is 16.0. The highest BCUT2D eigenvalue weighted by atomic mass is 16.1. The molecule has 8 heteroatoms. The summed E-state index contributed by atoms with van der Waals surface area (Å²) in [6, 6.07) is 14.9. The maximum atomic E-state index is 13.3. The van der Waals surface area contributed by atoms with Gasteiger partial charge in [-0.25, -0.2) is 9.67 Å². The minimum Gasteiger partial charge on any atom is -0.340 e. The summed E-state index contributed by atoms with van der Waals surface area (Å²) < 4.78 is 1.68. The molecule has 1 aliphatic heterocycles. The van der Waals surface area contributed by atoms with Crippen LogP contribution in [0.1, 0.15) is 24.4 Å². The monoisotopic (exact) mass is 385 g/mol. The van der Waals surface area contributed by atoms with Crippen molar-refractivity contribution in [2.45, 2.75) is 19.9 Å². The fraction of sp³-hybridized carbons (Fsp3) is 0.143. The largest absolute Gasteiger partial charge is 0.340 e. The van der Waals surface area contributed by atoms with E-state index in [0.717, 1.165) is 22.3 Å². The first-order valence-electron chi connectivity index (χ1n) is 9.31. The van der Waals surface area contributed by atoms with Gasteiger partial charge in [-0.15, -0.1) is 0 Å². The van der Waals surface area contributed by atoms with Crippen molar-refractivity contribution < 1.29 is 4.79 Å². The summed E-state index contributed by atoms with van der Waals surface area (Å²) >= 11 is 0. The van der Waals surface area contributed by atoms with Crippen LogP contribution >= 0.6 is 0 Å². The van der Waals surface area contributed by atoms with E-state index in [0.29, 0.717) is 23.0 Å². The number of amides is 1. The van der Waals surface area contributed by atoms with E-state index in [-0.39, 0.29) is 5.91 Å². The Kier molecular flexibility index (Phi) is 3.90. The van der Waals surface area contributed by atoms with Gasteiger partial charge in [0.1, 0.15) is 18.2 Å². The van der Waals surface area contributed by atoms with Gasteiger partial charge in [0, 0.05) is 11.4 Å². The average molecular weight is 385 g/mol. The molecule has 0 fully saturated rings. The molecule has 4 aromatic rings. The van der Waals surface area contributed by atoms with Crippen LogP contribution in [-0.2, 0) is 4.79 Å². The molecule has 29 heavy (non-hydrogen) atoms. The molecule has 8 nitrogen and oxygen atoms in total. The molecule has 0 spiro atoms. The SMILES string of the molecule is CC1=C(C(=O)Nc2ccccc2C)C(c2nc3ccccc3[nH]2)n2ncnc2N1. The number of benzene rings is 2. The molecular formula is C21H19N7O. The molecule has 0 bridgehead atoms. The number of para-hydroxylation sites is 3.